The Kier molecular flexibility index (Phi) is 3.05. The van der Waals surface area contributed by atoms with Crippen LogP contribution in [0.3, 0.4) is 0 Å². The lowest BCUT2D eigenvalue weighted by Crippen LogP contribution is -2.39. The molecule has 1 rings (SSSR count). The smallest absolute Gasteiger partial charge is 0.231 e. The van der Waals surface area contributed by atoms with E-state index in [2.05, 4.69) is 11.9 Å². The average Bonchev–Trinajstić information content (AvgIpc) is 2.34. The maximum Gasteiger partial charge on any atom is 0.231 e. The number of primary amides is 1. The highest BCUT2D eigenvalue weighted by molar-refractivity contribution is 5.75. The number of hydrogen-bond acceptors (Lipinski definition) is 3. The minimum atomic E-state index is -0.243. The highest BCUT2D eigenvalue weighted by Crippen LogP contribution is 2.11. The van der Waals surface area contributed by atoms with Gasteiger partial charge < -0.3 is 10.6 Å². The van der Waals surface area contributed by atoms with Gasteiger partial charge in [-0.15, -0.1) is 0 Å². The predicted octanol–water partition coefficient (Wildman–Crippen LogP) is -0.892. The fraction of sp³-hybridized carbons (Fsp3) is 0.875. The summed E-state index contributed by atoms with van der Waals surface area (Å²) in [7, 11) is 4.05. The third-order valence-electron chi connectivity index (χ3n) is 2.40. The van der Waals surface area contributed by atoms with Gasteiger partial charge in [0.1, 0.15) is 0 Å². The van der Waals surface area contributed by atoms with Crippen LogP contribution in [0.2, 0.25) is 0 Å². The largest absolute Gasteiger partial charge is 0.369 e. The third-order valence-corrected chi connectivity index (χ3v) is 2.40. The first-order valence-corrected chi connectivity index (χ1v) is 4.26. The molecule has 1 aliphatic heterocycles. The summed E-state index contributed by atoms with van der Waals surface area (Å²) in [5, 5.41) is 0. The van der Waals surface area contributed by atoms with Crippen LogP contribution in [-0.2, 0) is 4.79 Å². The average molecular weight is 171 g/mol. The summed E-state index contributed by atoms with van der Waals surface area (Å²) in [4.78, 5) is 14.9. The van der Waals surface area contributed by atoms with E-state index < -0.39 is 0 Å². The molecule has 0 spiro atoms. The number of nitrogens with two attached hydrogens (primary N) is 1. The quantitative estimate of drug-likeness (QED) is 0.599. The summed E-state index contributed by atoms with van der Waals surface area (Å²) in [5.74, 6) is -0.243. The molecule has 0 bridgehead atoms. The van der Waals surface area contributed by atoms with E-state index in [1.54, 1.807) is 0 Å². The Bertz CT molecular complexity index is 172. The SMILES string of the molecule is CN1CCC(N(C)CC(N)=O)C1. The number of carbonyl (C=O) groups excluding carboxylic acids is 1. The van der Waals surface area contributed by atoms with Gasteiger partial charge in [-0.2, -0.15) is 0 Å². The number of rotatable bonds is 3. The van der Waals surface area contributed by atoms with Crippen molar-refractivity contribution in [3.05, 3.63) is 0 Å². The maximum absolute atomic E-state index is 10.6. The van der Waals surface area contributed by atoms with E-state index in [1.807, 2.05) is 11.9 Å². The highest BCUT2D eigenvalue weighted by Gasteiger charge is 2.23. The van der Waals surface area contributed by atoms with E-state index in [4.69, 9.17) is 5.73 Å². The van der Waals surface area contributed by atoms with Crippen LogP contribution in [-0.4, -0.2) is 55.5 Å². The fourth-order valence-corrected chi connectivity index (χ4v) is 1.65. The summed E-state index contributed by atoms with van der Waals surface area (Å²) in [6, 6.07) is 0.502. The van der Waals surface area contributed by atoms with Crippen LogP contribution >= 0.6 is 0 Å². The van der Waals surface area contributed by atoms with Gasteiger partial charge >= 0.3 is 0 Å². The van der Waals surface area contributed by atoms with Gasteiger partial charge in [0.05, 0.1) is 6.54 Å². The monoisotopic (exact) mass is 171 g/mol. The van der Waals surface area contributed by atoms with Crippen molar-refractivity contribution in [2.24, 2.45) is 5.73 Å². The lowest BCUT2D eigenvalue weighted by molar-refractivity contribution is -0.119. The van der Waals surface area contributed by atoms with Gasteiger partial charge in [0.2, 0.25) is 5.91 Å². The Balaban J connectivity index is 2.32. The van der Waals surface area contributed by atoms with Crippen molar-refractivity contribution in [2.45, 2.75) is 12.5 Å². The predicted molar refractivity (Wildman–Crippen MR) is 47.7 cm³/mol. The molecule has 4 nitrogen and oxygen atoms in total. The molecule has 12 heavy (non-hydrogen) atoms. The molecule has 1 fully saturated rings. The molecule has 1 amide bonds. The molecule has 1 atom stereocenters. The second kappa shape index (κ2) is 3.87. The van der Waals surface area contributed by atoms with Gasteiger partial charge in [0, 0.05) is 12.6 Å². The fourth-order valence-electron chi connectivity index (χ4n) is 1.65. The minimum Gasteiger partial charge on any atom is -0.369 e. The molecular formula is C8H17N3O. The molecule has 4 heteroatoms. The zero-order valence-electron chi connectivity index (χ0n) is 7.79. The topological polar surface area (TPSA) is 49.6 Å². The van der Waals surface area contributed by atoms with Crippen molar-refractivity contribution < 1.29 is 4.79 Å². The lowest BCUT2D eigenvalue weighted by atomic mass is 10.2. The van der Waals surface area contributed by atoms with Crippen LogP contribution in [0.1, 0.15) is 6.42 Å². The Morgan fingerprint density at radius 2 is 2.42 bits per heavy atom. The normalized spacial score (nSPS) is 25.1. The zero-order chi connectivity index (χ0) is 9.14. The molecule has 2 N–H and O–H groups in total. The van der Waals surface area contributed by atoms with Gasteiger partial charge in [0.25, 0.3) is 0 Å². The Morgan fingerprint density at radius 1 is 1.75 bits per heavy atom. The molecule has 1 aliphatic rings. The van der Waals surface area contributed by atoms with Crippen molar-refractivity contribution in [2.75, 3.05) is 33.7 Å². The zero-order valence-corrected chi connectivity index (χ0v) is 7.79. The summed E-state index contributed by atoms with van der Waals surface area (Å²) < 4.78 is 0. The molecule has 1 unspecified atom stereocenters. The Morgan fingerprint density at radius 3 is 2.83 bits per heavy atom. The molecule has 0 radical (unpaired) electrons. The first-order valence-electron chi connectivity index (χ1n) is 4.26. The van der Waals surface area contributed by atoms with Crippen LogP contribution in [0.25, 0.3) is 0 Å². The van der Waals surface area contributed by atoms with Crippen molar-refractivity contribution in [3.63, 3.8) is 0 Å². The van der Waals surface area contributed by atoms with Crippen LogP contribution < -0.4 is 5.73 Å². The second-order valence-electron chi connectivity index (χ2n) is 3.59. The van der Waals surface area contributed by atoms with Crippen LogP contribution in [0.15, 0.2) is 0 Å². The van der Waals surface area contributed by atoms with Crippen molar-refractivity contribution in [1.82, 2.24) is 9.80 Å². The summed E-state index contributed by atoms with van der Waals surface area (Å²) in [5.41, 5.74) is 5.10. The van der Waals surface area contributed by atoms with E-state index in [-0.39, 0.29) is 5.91 Å². The highest BCUT2D eigenvalue weighted by atomic mass is 16.1. The summed E-state index contributed by atoms with van der Waals surface area (Å²) >= 11 is 0. The molecule has 0 aromatic carbocycles. The first kappa shape index (κ1) is 9.48. The van der Waals surface area contributed by atoms with E-state index >= 15 is 0 Å². The van der Waals surface area contributed by atoms with E-state index in [0.717, 1.165) is 19.5 Å². The van der Waals surface area contributed by atoms with E-state index in [1.165, 1.54) is 0 Å². The van der Waals surface area contributed by atoms with Crippen molar-refractivity contribution in [3.8, 4) is 0 Å². The van der Waals surface area contributed by atoms with Gasteiger partial charge in [-0.05, 0) is 27.1 Å². The van der Waals surface area contributed by atoms with E-state index in [0.29, 0.717) is 12.6 Å². The van der Waals surface area contributed by atoms with Crippen molar-refractivity contribution in [1.29, 1.82) is 0 Å². The van der Waals surface area contributed by atoms with Gasteiger partial charge in [0.15, 0.2) is 0 Å². The van der Waals surface area contributed by atoms with Gasteiger partial charge in [-0.3, -0.25) is 9.69 Å². The van der Waals surface area contributed by atoms with Crippen LogP contribution in [0.5, 0.6) is 0 Å². The summed E-state index contributed by atoms with van der Waals surface area (Å²) in [6.45, 7) is 2.54. The number of hydrogen-bond donors (Lipinski definition) is 1. The molecule has 0 saturated carbocycles. The van der Waals surface area contributed by atoms with Crippen LogP contribution in [0, 0.1) is 0 Å². The first-order chi connectivity index (χ1) is 5.59. The van der Waals surface area contributed by atoms with E-state index in [9.17, 15) is 4.79 Å². The van der Waals surface area contributed by atoms with Crippen molar-refractivity contribution >= 4 is 5.91 Å². The summed E-state index contributed by atoms with van der Waals surface area (Å²) in [6.07, 6.45) is 1.14. The minimum absolute atomic E-state index is 0.243. The molecule has 0 aliphatic carbocycles. The van der Waals surface area contributed by atoms with Gasteiger partial charge in [-0.25, -0.2) is 0 Å². The van der Waals surface area contributed by atoms with Gasteiger partial charge in [-0.1, -0.05) is 0 Å². The lowest BCUT2D eigenvalue weighted by Gasteiger charge is -2.22. The molecule has 0 aromatic rings. The molecular weight excluding hydrogens is 154 g/mol. The third kappa shape index (κ3) is 2.46. The number of likely N-dealkylation sites (N-methyl/N-ethyl adjacent to an activating group) is 2. The number of amides is 1. The number of carbonyl (C=O) groups is 1. The molecule has 1 saturated heterocycles. The Labute approximate surface area is 73.3 Å². The number of likely N-dealkylation sites (tertiary alicyclic amines) is 1. The standard InChI is InChI=1S/C8H17N3O/c1-10-4-3-7(5-10)11(2)6-8(9)12/h7H,3-6H2,1-2H3,(H2,9,12). The Hall–Kier alpha value is -0.610. The maximum atomic E-state index is 10.6. The van der Waals surface area contributed by atoms with Crippen LogP contribution in [0.4, 0.5) is 0 Å². The second-order valence-corrected chi connectivity index (χ2v) is 3.59. The molecule has 0 aromatic heterocycles. The molecule has 70 valence electrons. The molecule has 1 heterocycles. The number of nitrogens with zero attached hydrogens (tertiary/aromatic N) is 2.